The molecule has 0 saturated heterocycles. The summed E-state index contributed by atoms with van der Waals surface area (Å²) in [5, 5.41) is 23.7. The van der Waals surface area contributed by atoms with E-state index in [-0.39, 0.29) is 23.0 Å². The monoisotopic (exact) mass is 360 g/mol. The minimum absolute atomic E-state index is 0.0250. The lowest BCUT2D eigenvalue weighted by Crippen LogP contribution is -2.32. The zero-order valence-electron chi connectivity index (χ0n) is 14.3. The number of ether oxygens (including phenoxy) is 1. The highest BCUT2D eigenvalue weighted by Gasteiger charge is 2.30. The lowest BCUT2D eigenvalue weighted by Gasteiger charge is -2.27. The van der Waals surface area contributed by atoms with Gasteiger partial charge >= 0.3 is 0 Å². The van der Waals surface area contributed by atoms with Gasteiger partial charge in [-0.3, -0.25) is 5.32 Å². The third-order valence-electron chi connectivity index (χ3n) is 4.61. The summed E-state index contributed by atoms with van der Waals surface area (Å²) in [5.74, 6) is 1.49. The molecule has 0 radical (unpaired) electrons. The molecule has 2 aliphatic rings. The number of fused-ring (bicyclic) bond motifs is 2. The van der Waals surface area contributed by atoms with Gasteiger partial charge in [0.25, 0.3) is 0 Å². The average molecular weight is 360 g/mol. The van der Waals surface area contributed by atoms with Crippen LogP contribution >= 0.6 is 0 Å². The van der Waals surface area contributed by atoms with Crippen LogP contribution in [0.1, 0.15) is 34.7 Å². The van der Waals surface area contributed by atoms with Gasteiger partial charge in [0.15, 0.2) is 6.19 Å². The van der Waals surface area contributed by atoms with Crippen molar-refractivity contribution in [1.82, 2.24) is 10.3 Å². The third kappa shape index (κ3) is 2.71. The summed E-state index contributed by atoms with van der Waals surface area (Å²) in [6, 6.07) is 7.28. The number of nitriles is 2. The highest BCUT2D eigenvalue weighted by atomic mass is 16.5. The molecular formula is C18H16N8O. The van der Waals surface area contributed by atoms with Crippen LogP contribution in [-0.2, 0) is 6.42 Å². The van der Waals surface area contributed by atoms with E-state index in [0.717, 1.165) is 29.7 Å². The van der Waals surface area contributed by atoms with Gasteiger partial charge < -0.3 is 21.5 Å². The number of benzene rings is 1. The van der Waals surface area contributed by atoms with E-state index >= 15 is 0 Å². The van der Waals surface area contributed by atoms with Gasteiger partial charge in [0.2, 0.25) is 5.96 Å². The van der Waals surface area contributed by atoms with E-state index < -0.39 is 6.04 Å². The number of aryl methyl sites for hydroxylation is 1. The number of rotatable bonds is 1. The lowest BCUT2D eigenvalue weighted by molar-refractivity contribution is 0.288. The molecule has 1 aromatic carbocycles. The zero-order valence-corrected chi connectivity index (χ0v) is 14.3. The molecule has 0 bridgehead atoms. The minimum atomic E-state index is -0.537. The topological polar surface area (TPSA) is 158 Å². The lowest BCUT2D eigenvalue weighted by atomic mass is 9.92. The molecule has 0 spiro atoms. The predicted octanol–water partition coefficient (Wildman–Crippen LogP) is 1.38. The van der Waals surface area contributed by atoms with Crippen LogP contribution in [0.5, 0.6) is 5.75 Å². The molecule has 9 heteroatoms. The summed E-state index contributed by atoms with van der Waals surface area (Å²) in [5.41, 5.74) is 14.9. The second-order valence-corrected chi connectivity index (χ2v) is 6.22. The van der Waals surface area contributed by atoms with Crippen LogP contribution in [0, 0.1) is 22.8 Å². The molecule has 2 aromatic rings. The molecule has 1 aromatic heterocycles. The van der Waals surface area contributed by atoms with Gasteiger partial charge in [0.1, 0.15) is 35.1 Å². The van der Waals surface area contributed by atoms with Gasteiger partial charge in [-0.2, -0.15) is 10.5 Å². The number of nitrogens with two attached hydrogens (primary N) is 2. The summed E-state index contributed by atoms with van der Waals surface area (Å²) in [6.07, 6.45) is 3.69. The van der Waals surface area contributed by atoms with Crippen molar-refractivity contribution < 1.29 is 4.74 Å². The van der Waals surface area contributed by atoms with Crippen molar-refractivity contribution in [3.05, 3.63) is 40.5 Å². The Balaban J connectivity index is 1.89. The summed E-state index contributed by atoms with van der Waals surface area (Å²) >= 11 is 0. The van der Waals surface area contributed by atoms with Crippen molar-refractivity contribution >= 4 is 23.3 Å². The molecular weight excluding hydrogens is 344 g/mol. The van der Waals surface area contributed by atoms with Crippen LogP contribution in [0.4, 0.5) is 17.3 Å². The van der Waals surface area contributed by atoms with Crippen molar-refractivity contribution in [3.8, 4) is 18.0 Å². The molecule has 0 saturated carbocycles. The summed E-state index contributed by atoms with van der Waals surface area (Å²) < 4.78 is 5.67. The number of nitrogen functional groups attached to an aromatic ring is 2. The van der Waals surface area contributed by atoms with Gasteiger partial charge in [-0.1, -0.05) is 6.07 Å². The highest BCUT2D eigenvalue weighted by molar-refractivity contribution is 5.98. The van der Waals surface area contributed by atoms with E-state index in [0.29, 0.717) is 18.0 Å². The second-order valence-electron chi connectivity index (χ2n) is 6.22. The molecule has 0 aliphatic carbocycles. The summed E-state index contributed by atoms with van der Waals surface area (Å²) in [7, 11) is 0. The Bertz CT molecular complexity index is 1050. The molecule has 1 atom stereocenters. The predicted molar refractivity (Wildman–Crippen MR) is 99.7 cm³/mol. The molecule has 9 nitrogen and oxygen atoms in total. The fourth-order valence-corrected chi connectivity index (χ4v) is 3.37. The number of aromatic nitrogens is 1. The first-order valence-electron chi connectivity index (χ1n) is 8.37. The summed E-state index contributed by atoms with van der Waals surface area (Å²) in [4.78, 5) is 8.81. The molecule has 2 aliphatic heterocycles. The SMILES string of the molecule is N#CNC1=NC(c2ccc3c(c2)CCCO3)c2c(nc(N)c(C#N)c2N)N1. The van der Waals surface area contributed by atoms with Crippen LogP contribution in [0.15, 0.2) is 23.2 Å². The quantitative estimate of drug-likeness (QED) is 0.438. The van der Waals surface area contributed by atoms with Gasteiger partial charge in [-0.05, 0) is 36.1 Å². The fourth-order valence-electron chi connectivity index (χ4n) is 3.37. The van der Waals surface area contributed by atoms with Gasteiger partial charge in [-0.15, -0.1) is 0 Å². The molecule has 6 N–H and O–H groups in total. The number of nitrogens with zero attached hydrogens (tertiary/aromatic N) is 4. The molecule has 1 unspecified atom stereocenters. The molecule has 4 rings (SSSR count). The Labute approximate surface area is 155 Å². The number of hydrogen-bond donors (Lipinski definition) is 4. The largest absolute Gasteiger partial charge is 0.493 e. The first-order chi connectivity index (χ1) is 13.1. The Kier molecular flexibility index (Phi) is 3.90. The normalized spacial score (nSPS) is 17.1. The Morgan fingerprint density at radius 1 is 1.30 bits per heavy atom. The van der Waals surface area contributed by atoms with E-state index in [1.165, 1.54) is 0 Å². The van der Waals surface area contributed by atoms with Crippen molar-refractivity contribution in [1.29, 1.82) is 10.5 Å². The van der Waals surface area contributed by atoms with Crippen LogP contribution in [0.3, 0.4) is 0 Å². The molecule has 0 amide bonds. The van der Waals surface area contributed by atoms with E-state index in [2.05, 4.69) is 20.6 Å². The third-order valence-corrected chi connectivity index (χ3v) is 4.61. The van der Waals surface area contributed by atoms with Gasteiger partial charge in [0, 0.05) is 5.56 Å². The van der Waals surface area contributed by atoms with E-state index in [4.69, 9.17) is 21.5 Å². The van der Waals surface area contributed by atoms with E-state index in [9.17, 15) is 5.26 Å². The molecule has 134 valence electrons. The number of pyridine rings is 1. The molecule has 3 heterocycles. The van der Waals surface area contributed by atoms with E-state index in [1.807, 2.05) is 30.5 Å². The van der Waals surface area contributed by atoms with Crippen LogP contribution in [0.25, 0.3) is 0 Å². The molecule has 0 fully saturated rings. The van der Waals surface area contributed by atoms with Crippen molar-refractivity contribution in [3.63, 3.8) is 0 Å². The second kappa shape index (κ2) is 6.39. The maximum absolute atomic E-state index is 9.37. The number of nitrogens with one attached hydrogen (secondary N) is 2. The Hall–Kier alpha value is -3.98. The first kappa shape index (κ1) is 16.5. The van der Waals surface area contributed by atoms with E-state index in [1.54, 1.807) is 0 Å². The summed E-state index contributed by atoms with van der Waals surface area (Å²) in [6.45, 7) is 0.707. The maximum atomic E-state index is 9.37. The minimum Gasteiger partial charge on any atom is -0.493 e. The average Bonchev–Trinajstić information content (AvgIpc) is 2.67. The van der Waals surface area contributed by atoms with Crippen molar-refractivity contribution in [2.24, 2.45) is 4.99 Å². The maximum Gasteiger partial charge on any atom is 0.211 e. The number of aliphatic imine (C=N–C) groups is 1. The number of guanidine groups is 1. The van der Waals surface area contributed by atoms with Gasteiger partial charge in [-0.25, -0.2) is 9.98 Å². The van der Waals surface area contributed by atoms with Crippen molar-refractivity contribution in [2.45, 2.75) is 18.9 Å². The number of anilines is 3. The van der Waals surface area contributed by atoms with Crippen LogP contribution in [0.2, 0.25) is 0 Å². The van der Waals surface area contributed by atoms with Crippen LogP contribution < -0.4 is 26.8 Å². The fraction of sp³-hybridized carbons (Fsp3) is 0.222. The Morgan fingerprint density at radius 2 is 2.15 bits per heavy atom. The highest BCUT2D eigenvalue weighted by Crippen LogP contribution is 2.41. The van der Waals surface area contributed by atoms with Crippen molar-refractivity contribution in [2.75, 3.05) is 23.4 Å². The van der Waals surface area contributed by atoms with Gasteiger partial charge in [0.05, 0.1) is 12.3 Å². The Morgan fingerprint density at radius 3 is 2.93 bits per heavy atom. The number of hydrogen-bond acceptors (Lipinski definition) is 9. The molecule has 27 heavy (non-hydrogen) atoms. The standard InChI is InChI=1S/C18H16N8O/c19-7-11-14(21)13-15(10-3-4-12-9(6-10)2-1-5-27-12)24-18(23-8-20)26-17(13)25-16(11)22/h3-4,6,15H,1-2,5H2,(H6,21,22,23,24,25,26). The first-order valence-corrected chi connectivity index (χ1v) is 8.37. The van der Waals surface area contributed by atoms with Crippen LogP contribution in [-0.4, -0.2) is 17.6 Å². The smallest absolute Gasteiger partial charge is 0.211 e. The zero-order chi connectivity index (χ0) is 19.0.